The van der Waals surface area contributed by atoms with E-state index in [1.807, 2.05) is 6.92 Å². The van der Waals surface area contributed by atoms with E-state index in [1.165, 1.54) is 5.56 Å². The molecule has 0 spiro atoms. The van der Waals surface area contributed by atoms with E-state index in [0.29, 0.717) is 0 Å². The van der Waals surface area contributed by atoms with Crippen molar-refractivity contribution < 1.29 is 0 Å². The highest BCUT2D eigenvalue weighted by molar-refractivity contribution is 5.75. The zero-order valence-electron chi connectivity index (χ0n) is 10.2. The molecule has 1 aliphatic heterocycles. The number of nitrogens with one attached hydrogen (secondary N) is 2. The molecule has 0 unspecified atom stereocenters. The summed E-state index contributed by atoms with van der Waals surface area (Å²) in [4.78, 5) is 10.2. The summed E-state index contributed by atoms with van der Waals surface area (Å²) >= 11 is 0. The Bertz CT molecular complexity index is 511. The molecular weight excluding hydrogens is 212 g/mol. The Labute approximate surface area is 101 Å². The first-order valence-electron chi connectivity index (χ1n) is 6.19. The maximum atomic E-state index is 4.42. The lowest BCUT2D eigenvalue weighted by Gasteiger charge is -2.27. The fraction of sp³-hybridized carbons (Fsp3) is 0.462. The molecule has 1 aliphatic rings. The smallest absolute Gasteiger partial charge is 0.104 e. The molecule has 2 aromatic rings. The van der Waals surface area contributed by atoms with Crippen molar-refractivity contribution in [3.8, 4) is 0 Å². The molecule has 0 aliphatic carbocycles. The first-order valence-corrected chi connectivity index (χ1v) is 6.19. The summed E-state index contributed by atoms with van der Waals surface area (Å²) in [5.74, 6) is 0.985. The monoisotopic (exact) mass is 230 g/mol. The Hall–Kier alpha value is -1.39. The third-order valence-electron chi connectivity index (χ3n) is 3.28. The maximum absolute atomic E-state index is 4.42. The van der Waals surface area contributed by atoms with Gasteiger partial charge in [-0.15, -0.1) is 0 Å². The van der Waals surface area contributed by atoms with Gasteiger partial charge in [0.25, 0.3) is 0 Å². The van der Waals surface area contributed by atoms with Crippen LogP contribution in [0.4, 0.5) is 0 Å². The van der Waals surface area contributed by atoms with E-state index in [-0.39, 0.29) is 0 Å². The van der Waals surface area contributed by atoms with Gasteiger partial charge in [-0.05, 0) is 24.6 Å². The highest BCUT2D eigenvalue weighted by atomic mass is 15.2. The molecule has 90 valence electrons. The van der Waals surface area contributed by atoms with Gasteiger partial charge in [-0.2, -0.15) is 0 Å². The quantitative estimate of drug-likeness (QED) is 0.816. The lowest BCUT2D eigenvalue weighted by atomic mass is 10.2. The number of aryl methyl sites for hydroxylation is 1. The fourth-order valence-corrected chi connectivity index (χ4v) is 2.41. The molecule has 17 heavy (non-hydrogen) atoms. The van der Waals surface area contributed by atoms with E-state index in [9.17, 15) is 0 Å². The number of piperazine rings is 1. The number of rotatable bonds is 2. The first kappa shape index (κ1) is 10.7. The fourth-order valence-electron chi connectivity index (χ4n) is 2.41. The molecule has 3 rings (SSSR count). The minimum absolute atomic E-state index is 0.985. The van der Waals surface area contributed by atoms with E-state index < -0.39 is 0 Å². The number of hydrogen-bond acceptors (Lipinski definition) is 3. The van der Waals surface area contributed by atoms with Crippen LogP contribution in [0.15, 0.2) is 18.2 Å². The van der Waals surface area contributed by atoms with Crippen molar-refractivity contribution in [2.24, 2.45) is 0 Å². The molecule has 1 aromatic carbocycles. The van der Waals surface area contributed by atoms with Gasteiger partial charge in [0.2, 0.25) is 0 Å². The van der Waals surface area contributed by atoms with Gasteiger partial charge in [0.15, 0.2) is 0 Å². The van der Waals surface area contributed by atoms with E-state index >= 15 is 0 Å². The number of imidazole rings is 1. The van der Waals surface area contributed by atoms with E-state index in [0.717, 1.165) is 49.6 Å². The van der Waals surface area contributed by atoms with Gasteiger partial charge < -0.3 is 10.3 Å². The number of H-pyrrole nitrogens is 1. The Morgan fingerprint density at radius 3 is 2.94 bits per heavy atom. The zero-order chi connectivity index (χ0) is 11.7. The van der Waals surface area contributed by atoms with Crippen LogP contribution in [0.1, 0.15) is 11.4 Å². The number of benzene rings is 1. The molecule has 0 atom stereocenters. The summed E-state index contributed by atoms with van der Waals surface area (Å²) in [6.45, 7) is 7.52. The minimum atomic E-state index is 0.985. The van der Waals surface area contributed by atoms with E-state index in [2.05, 4.69) is 38.4 Å². The molecule has 0 bridgehead atoms. The van der Waals surface area contributed by atoms with Crippen molar-refractivity contribution in [1.82, 2.24) is 20.2 Å². The van der Waals surface area contributed by atoms with Crippen LogP contribution in [0, 0.1) is 6.92 Å². The van der Waals surface area contributed by atoms with E-state index in [4.69, 9.17) is 0 Å². The standard InChI is InChI=1S/C13H18N4/c1-10-15-12-3-2-11(8-13(12)16-10)9-17-6-4-14-5-7-17/h2-3,8,14H,4-7,9H2,1H3,(H,15,16). The second-order valence-corrected chi connectivity index (χ2v) is 4.70. The average Bonchev–Trinajstić information content (AvgIpc) is 2.70. The molecule has 1 aromatic heterocycles. The number of fused-ring (bicyclic) bond motifs is 1. The molecule has 0 radical (unpaired) electrons. The molecule has 2 N–H and O–H groups in total. The predicted molar refractivity (Wildman–Crippen MR) is 69.0 cm³/mol. The van der Waals surface area contributed by atoms with Crippen LogP contribution in [-0.4, -0.2) is 41.0 Å². The molecule has 0 saturated carbocycles. The third-order valence-corrected chi connectivity index (χ3v) is 3.28. The number of nitrogens with zero attached hydrogens (tertiary/aromatic N) is 2. The van der Waals surface area contributed by atoms with Crippen molar-refractivity contribution in [3.05, 3.63) is 29.6 Å². The Morgan fingerprint density at radius 1 is 1.29 bits per heavy atom. The third kappa shape index (κ3) is 2.33. The summed E-state index contributed by atoms with van der Waals surface area (Å²) in [6.07, 6.45) is 0. The molecule has 0 amide bonds. The molecule has 1 fully saturated rings. The van der Waals surface area contributed by atoms with Gasteiger partial charge in [0, 0.05) is 32.7 Å². The summed E-state index contributed by atoms with van der Waals surface area (Å²) < 4.78 is 0. The maximum Gasteiger partial charge on any atom is 0.104 e. The first-order chi connectivity index (χ1) is 8.31. The molecular formula is C13H18N4. The molecule has 4 nitrogen and oxygen atoms in total. The summed E-state index contributed by atoms with van der Waals surface area (Å²) in [7, 11) is 0. The van der Waals surface area contributed by atoms with Crippen LogP contribution in [0.25, 0.3) is 11.0 Å². The normalized spacial score (nSPS) is 17.7. The van der Waals surface area contributed by atoms with E-state index in [1.54, 1.807) is 0 Å². The van der Waals surface area contributed by atoms with Crippen LogP contribution in [0.2, 0.25) is 0 Å². The largest absolute Gasteiger partial charge is 0.342 e. The van der Waals surface area contributed by atoms with Crippen LogP contribution in [-0.2, 0) is 6.54 Å². The van der Waals surface area contributed by atoms with Crippen LogP contribution < -0.4 is 5.32 Å². The van der Waals surface area contributed by atoms with Gasteiger partial charge in [0.05, 0.1) is 11.0 Å². The molecule has 1 saturated heterocycles. The second-order valence-electron chi connectivity index (χ2n) is 4.70. The van der Waals surface area contributed by atoms with Crippen LogP contribution in [0.5, 0.6) is 0 Å². The van der Waals surface area contributed by atoms with Crippen molar-refractivity contribution in [2.75, 3.05) is 26.2 Å². The summed E-state index contributed by atoms with van der Waals surface area (Å²) in [5, 5.41) is 3.38. The predicted octanol–water partition coefficient (Wildman–Crippen LogP) is 1.28. The van der Waals surface area contributed by atoms with Crippen molar-refractivity contribution in [1.29, 1.82) is 0 Å². The van der Waals surface area contributed by atoms with Gasteiger partial charge in [0.1, 0.15) is 5.82 Å². The van der Waals surface area contributed by atoms with Gasteiger partial charge in [-0.25, -0.2) is 4.98 Å². The lowest BCUT2D eigenvalue weighted by Crippen LogP contribution is -2.42. The Kier molecular flexibility index (Phi) is 2.82. The number of aromatic amines is 1. The van der Waals surface area contributed by atoms with Crippen molar-refractivity contribution in [2.45, 2.75) is 13.5 Å². The van der Waals surface area contributed by atoms with Crippen molar-refractivity contribution in [3.63, 3.8) is 0 Å². The highest BCUT2D eigenvalue weighted by Gasteiger charge is 2.10. The number of hydrogen-bond donors (Lipinski definition) is 2. The second kappa shape index (κ2) is 4.47. The Morgan fingerprint density at radius 2 is 2.12 bits per heavy atom. The van der Waals surface area contributed by atoms with Crippen LogP contribution in [0.3, 0.4) is 0 Å². The topological polar surface area (TPSA) is 44.0 Å². The van der Waals surface area contributed by atoms with Gasteiger partial charge >= 0.3 is 0 Å². The summed E-state index contributed by atoms with van der Waals surface area (Å²) in [5.41, 5.74) is 3.57. The molecule has 2 heterocycles. The van der Waals surface area contributed by atoms with Gasteiger partial charge in [-0.3, -0.25) is 4.90 Å². The zero-order valence-corrected chi connectivity index (χ0v) is 10.2. The average molecular weight is 230 g/mol. The Balaban J connectivity index is 1.79. The summed E-state index contributed by atoms with van der Waals surface area (Å²) in [6, 6.07) is 6.51. The van der Waals surface area contributed by atoms with Crippen LogP contribution >= 0.6 is 0 Å². The number of aromatic nitrogens is 2. The van der Waals surface area contributed by atoms with Crippen molar-refractivity contribution >= 4 is 11.0 Å². The molecule has 4 heteroatoms. The minimum Gasteiger partial charge on any atom is -0.342 e. The lowest BCUT2D eigenvalue weighted by molar-refractivity contribution is 0.233. The SMILES string of the molecule is Cc1nc2ccc(CN3CCNCC3)cc2[nH]1. The van der Waals surface area contributed by atoms with Gasteiger partial charge in [-0.1, -0.05) is 6.07 Å². The highest BCUT2D eigenvalue weighted by Crippen LogP contribution is 2.15.